The Hall–Kier alpha value is -4.71. The summed E-state index contributed by atoms with van der Waals surface area (Å²) in [6.07, 6.45) is 6.79. The van der Waals surface area contributed by atoms with E-state index in [1.165, 1.54) is 12.1 Å². The first kappa shape index (κ1) is 37.1. The van der Waals surface area contributed by atoms with Crippen LogP contribution in [-0.4, -0.2) is 63.5 Å². The molecule has 1 atom stereocenters. The Morgan fingerprint density at radius 2 is 1.67 bits per heavy atom. The van der Waals surface area contributed by atoms with Gasteiger partial charge in [-0.05, 0) is 112 Å². The number of aromatic hydroxyl groups is 1. The molecular weight excluding hydrogens is 658 g/mol. The van der Waals surface area contributed by atoms with E-state index in [0.717, 1.165) is 74.6 Å². The Kier molecular flexibility index (Phi) is 12.3. The molecule has 2 amide bonds. The predicted octanol–water partition coefficient (Wildman–Crippen LogP) is 5.98. The molecule has 0 bridgehead atoms. The number of phenols is 1. The van der Waals surface area contributed by atoms with Crippen LogP contribution in [0.25, 0.3) is 22.0 Å². The highest BCUT2D eigenvalue weighted by molar-refractivity contribution is 5.94. The number of hydrogen-bond acceptors (Lipinski definition) is 7. The quantitative estimate of drug-likeness (QED) is 0.0886. The van der Waals surface area contributed by atoms with Gasteiger partial charge in [0.15, 0.2) is 0 Å². The van der Waals surface area contributed by atoms with Gasteiger partial charge in [-0.2, -0.15) is 0 Å². The average Bonchev–Trinajstić information content (AvgIpc) is 3.14. The van der Waals surface area contributed by atoms with Crippen LogP contribution in [-0.2, 0) is 11.2 Å². The van der Waals surface area contributed by atoms with Gasteiger partial charge in [0, 0.05) is 48.1 Å². The van der Waals surface area contributed by atoms with E-state index in [1.54, 1.807) is 17.0 Å². The smallest absolute Gasteiger partial charge is 0.412 e. The second-order valence-corrected chi connectivity index (χ2v) is 14.5. The highest BCUT2D eigenvalue weighted by Gasteiger charge is 2.31. The summed E-state index contributed by atoms with van der Waals surface area (Å²) in [6, 6.07) is 22.2. The molecule has 1 aromatic heterocycles. The number of nitrogens with two attached hydrogens (primary N) is 1. The number of benzene rings is 3. The van der Waals surface area contributed by atoms with Crippen molar-refractivity contribution in [1.82, 2.24) is 15.6 Å². The summed E-state index contributed by atoms with van der Waals surface area (Å²) in [5.41, 5.74) is 10.3. The molecule has 0 radical (unpaired) electrons. The lowest BCUT2D eigenvalue weighted by Gasteiger charge is -2.35. The Labute approximate surface area is 304 Å². The number of pyridine rings is 1. The maximum atomic E-state index is 13.0. The number of carboxylic acid groups (broad SMARTS) is 1. The van der Waals surface area contributed by atoms with Crippen LogP contribution in [0.2, 0.25) is 0 Å². The van der Waals surface area contributed by atoms with Crippen LogP contribution in [0, 0.1) is 5.92 Å². The van der Waals surface area contributed by atoms with Crippen molar-refractivity contribution in [2.45, 2.75) is 94.9 Å². The van der Waals surface area contributed by atoms with Crippen LogP contribution in [0.3, 0.4) is 0 Å². The minimum absolute atomic E-state index is 0.0338. The monoisotopic (exact) mass is 709 g/mol. The van der Waals surface area contributed by atoms with E-state index in [4.69, 9.17) is 5.73 Å². The number of rotatable bonds is 13. The van der Waals surface area contributed by atoms with E-state index >= 15 is 0 Å². The van der Waals surface area contributed by atoms with E-state index < -0.39 is 12.2 Å². The number of fused-ring (bicyclic) bond motifs is 1. The van der Waals surface area contributed by atoms with Gasteiger partial charge < -0.3 is 36.7 Å². The molecule has 2 aliphatic carbocycles. The minimum Gasteiger partial charge on any atom is -0.506 e. The number of amides is 2. The van der Waals surface area contributed by atoms with E-state index in [0.29, 0.717) is 53.9 Å². The number of carbonyl (C=O) groups excluding carboxylic acids is 1. The number of nitrogens with zero attached hydrogens (tertiary/aromatic N) is 1. The van der Waals surface area contributed by atoms with Gasteiger partial charge in [0.2, 0.25) is 11.5 Å². The van der Waals surface area contributed by atoms with Crippen LogP contribution in [0.1, 0.15) is 81.4 Å². The maximum absolute atomic E-state index is 13.0. The van der Waals surface area contributed by atoms with Crippen LogP contribution in [0.4, 0.5) is 10.5 Å². The number of carbonyl (C=O) groups is 2. The number of aliphatic hydroxyl groups excluding tert-OH is 1. The van der Waals surface area contributed by atoms with E-state index in [9.17, 15) is 29.7 Å². The zero-order valence-electron chi connectivity index (χ0n) is 29.6. The van der Waals surface area contributed by atoms with Crippen LogP contribution in [0.5, 0.6) is 5.75 Å². The highest BCUT2D eigenvalue weighted by atomic mass is 16.4. The predicted molar refractivity (Wildman–Crippen MR) is 204 cm³/mol. The molecule has 0 saturated heterocycles. The molecule has 8 N–H and O–H groups in total. The summed E-state index contributed by atoms with van der Waals surface area (Å²) < 4.78 is 0. The van der Waals surface area contributed by atoms with Gasteiger partial charge in [-0.25, -0.2) is 4.79 Å². The molecule has 52 heavy (non-hydrogen) atoms. The van der Waals surface area contributed by atoms with Crippen molar-refractivity contribution in [3.8, 4) is 16.9 Å². The fraction of sp³-hybridized carbons (Fsp3) is 0.439. The molecule has 2 aliphatic rings. The number of H-pyrrole nitrogens is 1. The number of aromatic nitrogens is 1. The number of phenolic OH excluding ortho intramolecular Hbond substituents is 1. The standard InChI is InChI=1S/C41H51N5O6/c42-29-12-16-31(17-13-29)46(41(51)52)35-23-26(11-18-32(35)28-6-2-1-3-7-28)5-4-8-38(49)44-30-14-9-27(10-15-30)24-43-25-37(48)33-19-21-36(47)40-34(33)20-22-39(50)45-40/h1-3,6-7,11,18-23,27,29-31,37,43,47-48H,4-5,8-10,12-17,24-25,42H2,(H,44,49)(H,45,50)(H,51,52)/t27-,29-,30-,31-,37-/m0/s1. The van der Waals surface area contributed by atoms with Gasteiger partial charge in [0.25, 0.3) is 0 Å². The van der Waals surface area contributed by atoms with E-state index in [-0.39, 0.29) is 35.3 Å². The zero-order chi connectivity index (χ0) is 36.6. The van der Waals surface area contributed by atoms with Gasteiger partial charge in [0.1, 0.15) is 5.75 Å². The second kappa shape index (κ2) is 17.2. The average molecular weight is 710 g/mol. The number of anilines is 1. The van der Waals surface area contributed by atoms with Gasteiger partial charge in [-0.1, -0.05) is 48.5 Å². The molecule has 11 nitrogen and oxygen atoms in total. The lowest BCUT2D eigenvalue weighted by molar-refractivity contribution is -0.122. The number of aryl methyl sites for hydroxylation is 1. The van der Waals surface area contributed by atoms with Crippen molar-refractivity contribution in [2.75, 3.05) is 18.0 Å². The van der Waals surface area contributed by atoms with Gasteiger partial charge in [-0.3, -0.25) is 14.5 Å². The topological polar surface area (TPSA) is 181 Å². The van der Waals surface area contributed by atoms with Gasteiger partial charge >= 0.3 is 6.09 Å². The molecule has 6 rings (SSSR count). The van der Waals surface area contributed by atoms with Crippen molar-refractivity contribution < 1.29 is 24.9 Å². The van der Waals surface area contributed by atoms with Crippen LogP contribution >= 0.6 is 0 Å². The first-order chi connectivity index (χ1) is 25.2. The molecule has 0 unspecified atom stereocenters. The zero-order valence-corrected chi connectivity index (χ0v) is 29.6. The van der Waals surface area contributed by atoms with Crippen molar-refractivity contribution >= 4 is 28.6 Å². The SMILES string of the molecule is N[C@H]1CC[C@H](N(C(=O)O)c2cc(CCCC(=O)N[C@H]3CC[C@H](CNC[C@H](O)c4ccc(O)c5[nH]c(=O)ccc45)CC3)ccc2-c2ccccc2)CC1. The third kappa shape index (κ3) is 9.20. The molecule has 0 aliphatic heterocycles. The van der Waals surface area contributed by atoms with E-state index in [2.05, 4.69) is 15.6 Å². The molecule has 4 aromatic rings. The minimum atomic E-state index is -0.959. The largest absolute Gasteiger partial charge is 0.506 e. The van der Waals surface area contributed by atoms with Crippen molar-refractivity contribution in [2.24, 2.45) is 11.7 Å². The third-order valence-electron chi connectivity index (χ3n) is 10.8. The van der Waals surface area contributed by atoms with E-state index in [1.807, 2.05) is 48.5 Å². The summed E-state index contributed by atoms with van der Waals surface area (Å²) in [4.78, 5) is 41.5. The number of hydrogen-bond donors (Lipinski definition) is 7. The first-order valence-corrected chi connectivity index (χ1v) is 18.7. The lowest BCUT2D eigenvalue weighted by Crippen LogP contribution is -2.44. The number of nitrogens with one attached hydrogen (secondary N) is 3. The highest BCUT2D eigenvalue weighted by Crippen LogP contribution is 2.37. The molecule has 2 saturated carbocycles. The molecule has 11 heteroatoms. The Morgan fingerprint density at radius 3 is 2.40 bits per heavy atom. The molecule has 276 valence electrons. The van der Waals surface area contributed by atoms with Crippen molar-refractivity contribution in [1.29, 1.82) is 0 Å². The molecule has 0 spiro atoms. The summed E-state index contributed by atoms with van der Waals surface area (Å²) >= 11 is 0. The normalized spacial score (nSPS) is 21.0. The summed E-state index contributed by atoms with van der Waals surface area (Å²) in [5, 5.41) is 38.6. The fourth-order valence-electron chi connectivity index (χ4n) is 7.96. The lowest BCUT2D eigenvalue weighted by atomic mass is 9.86. The second-order valence-electron chi connectivity index (χ2n) is 14.5. The Bertz CT molecular complexity index is 1880. The number of aromatic amines is 1. The third-order valence-corrected chi connectivity index (χ3v) is 10.8. The summed E-state index contributed by atoms with van der Waals surface area (Å²) in [7, 11) is 0. The molecule has 1 heterocycles. The molecule has 2 fully saturated rings. The maximum Gasteiger partial charge on any atom is 0.412 e. The summed E-state index contributed by atoms with van der Waals surface area (Å²) in [6.45, 7) is 1.10. The molecule has 3 aromatic carbocycles. The molecular formula is C41H51N5O6. The van der Waals surface area contributed by atoms with Crippen LogP contribution in [0.15, 0.2) is 77.6 Å². The fourth-order valence-corrected chi connectivity index (χ4v) is 7.96. The first-order valence-electron chi connectivity index (χ1n) is 18.7. The Morgan fingerprint density at radius 1 is 0.923 bits per heavy atom. The van der Waals surface area contributed by atoms with Gasteiger partial charge in [0.05, 0.1) is 17.3 Å². The Balaban J connectivity index is 0.967. The van der Waals surface area contributed by atoms with Crippen molar-refractivity contribution in [3.63, 3.8) is 0 Å². The van der Waals surface area contributed by atoms with Gasteiger partial charge in [-0.15, -0.1) is 0 Å². The van der Waals surface area contributed by atoms with Crippen molar-refractivity contribution in [3.05, 3.63) is 94.3 Å². The number of aliphatic hydroxyl groups is 1. The summed E-state index contributed by atoms with van der Waals surface area (Å²) in [5.74, 6) is 0.449. The van der Waals surface area contributed by atoms with Crippen LogP contribution < -0.4 is 26.8 Å².